The van der Waals surface area contributed by atoms with Crippen LogP contribution >= 0.6 is 0 Å². The highest BCUT2D eigenvalue weighted by Crippen LogP contribution is 2.27. The monoisotopic (exact) mass is 300 g/mol. The zero-order valence-electron chi connectivity index (χ0n) is 12.0. The number of hydrogen-bond acceptors (Lipinski definition) is 4. The molecule has 0 radical (unpaired) electrons. The first-order chi connectivity index (χ1) is 9.51. The number of nitrogens with zero attached hydrogens (tertiary/aromatic N) is 2. The Hall–Kier alpha value is -0.920. The molecule has 1 aliphatic carbocycles. The van der Waals surface area contributed by atoms with Crippen LogP contribution in [0.15, 0.2) is 17.6 Å². The number of imidazole rings is 1. The molecule has 0 aliphatic heterocycles. The lowest BCUT2D eigenvalue weighted by Gasteiger charge is -2.31. The largest absolute Gasteiger partial charge is 0.336 e. The molecule has 7 heteroatoms. The average molecular weight is 300 g/mol. The molecule has 1 fully saturated rings. The maximum absolute atomic E-state index is 12.5. The summed E-state index contributed by atoms with van der Waals surface area (Å²) in [6.07, 6.45) is 9.03. The maximum Gasteiger partial charge on any atom is 0.260 e. The summed E-state index contributed by atoms with van der Waals surface area (Å²) >= 11 is 0. The van der Waals surface area contributed by atoms with Gasteiger partial charge in [0.2, 0.25) is 0 Å². The van der Waals surface area contributed by atoms with E-state index in [4.69, 9.17) is 5.73 Å². The lowest BCUT2D eigenvalue weighted by atomic mass is 9.92. The number of hydrogen-bond donors (Lipinski definition) is 2. The number of aryl methyl sites for hydroxylation is 1. The lowest BCUT2D eigenvalue weighted by Crippen LogP contribution is -2.53. The Balaban J connectivity index is 2.20. The van der Waals surface area contributed by atoms with E-state index in [1.165, 1.54) is 6.33 Å². The van der Waals surface area contributed by atoms with Crippen LogP contribution in [0.1, 0.15) is 45.4 Å². The lowest BCUT2D eigenvalue weighted by molar-refractivity contribution is 0.342. The molecular weight excluding hydrogens is 276 g/mol. The minimum atomic E-state index is -3.60. The van der Waals surface area contributed by atoms with Crippen molar-refractivity contribution in [2.24, 2.45) is 5.73 Å². The molecule has 1 aliphatic rings. The Kier molecular flexibility index (Phi) is 4.82. The molecule has 1 heterocycles. The topological polar surface area (TPSA) is 90.0 Å². The summed E-state index contributed by atoms with van der Waals surface area (Å²) in [4.78, 5) is 3.98. The third kappa shape index (κ3) is 3.39. The van der Waals surface area contributed by atoms with E-state index in [1.807, 2.05) is 6.92 Å². The molecule has 3 N–H and O–H groups in total. The normalized spacial score (nSPS) is 19.7. The smallest absolute Gasteiger partial charge is 0.260 e. The van der Waals surface area contributed by atoms with Gasteiger partial charge in [0, 0.05) is 24.8 Å². The number of aromatic nitrogens is 2. The maximum atomic E-state index is 12.5. The van der Waals surface area contributed by atoms with Gasteiger partial charge in [-0.2, -0.15) is 0 Å². The van der Waals surface area contributed by atoms with Crippen LogP contribution in [0.4, 0.5) is 0 Å². The summed E-state index contributed by atoms with van der Waals surface area (Å²) in [6, 6.07) is 0. The fourth-order valence-corrected chi connectivity index (χ4v) is 4.16. The van der Waals surface area contributed by atoms with Crippen molar-refractivity contribution in [3.8, 4) is 0 Å². The quantitative estimate of drug-likeness (QED) is 0.800. The summed E-state index contributed by atoms with van der Waals surface area (Å²) in [7, 11) is -3.60. The molecular formula is C13H24N4O2S. The second-order valence-corrected chi connectivity index (χ2v) is 7.18. The van der Waals surface area contributed by atoms with Crippen LogP contribution in [0.25, 0.3) is 0 Å². The highest BCUT2D eigenvalue weighted by Gasteiger charge is 2.35. The molecule has 1 aromatic rings. The van der Waals surface area contributed by atoms with Crippen molar-refractivity contribution in [3.05, 3.63) is 12.5 Å². The number of sulfonamides is 1. The fourth-order valence-electron chi connectivity index (χ4n) is 2.74. The molecule has 0 aromatic carbocycles. The van der Waals surface area contributed by atoms with Gasteiger partial charge in [0.25, 0.3) is 10.0 Å². The van der Waals surface area contributed by atoms with Crippen molar-refractivity contribution in [1.29, 1.82) is 0 Å². The second-order valence-electron chi connectivity index (χ2n) is 5.55. The first-order valence-electron chi connectivity index (χ1n) is 7.27. The third-order valence-corrected chi connectivity index (χ3v) is 5.52. The molecule has 0 saturated heterocycles. The van der Waals surface area contributed by atoms with Gasteiger partial charge in [-0.3, -0.25) is 0 Å². The summed E-state index contributed by atoms with van der Waals surface area (Å²) in [5.74, 6) is 0. The predicted octanol–water partition coefficient (Wildman–Crippen LogP) is 1.23. The molecule has 1 aromatic heterocycles. The first kappa shape index (κ1) is 15.5. The van der Waals surface area contributed by atoms with Crippen LogP contribution in [0.2, 0.25) is 0 Å². The van der Waals surface area contributed by atoms with Crippen LogP contribution in [0, 0.1) is 0 Å². The SMILES string of the molecule is CCn1cnc(S(=O)(=O)NC2(CN)CCCCCC2)c1. The highest BCUT2D eigenvalue weighted by molar-refractivity contribution is 7.89. The zero-order chi connectivity index (χ0) is 14.6. The minimum Gasteiger partial charge on any atom is -0.336 e. The van der Waals surface area contributed by atoms with Crippen LogP contribution in [0.5, 0.6) is 0 Å². The Morgan fingerprint density at radius 3 is 2.50 bits per heavy atom. The fraction of sp³-hybridized carbons (Fsp3) is 0.769. The number of rotatable bonds is 5. The molecule has 0 atom stereocenters. The van der Waals surface area contributed by atoms with Gasteiger partial charge in [-0.25, -0.2) is 18.1 Å². The van der Waals surface area contributed by atoms with Crippen molar-refractivity contribution in [1.82, 2.24) is 14.3 Å². The standard InChI is InChI=1S/C13H24N4O2S/c1-2-17-9-12(15-11-17)20(18,19)16-13(10-14)7-5-3-4-6-8-13/h9,11,16H,2-8,10,14H2,1H3. The van der Waals surface area contributed by atoms with Gasteiger partial charge in [0.05, 0.1) is 6.33 Å². The summed E-state index contributed by atoms with van der Waals surface area (Å²) in [5.41, 5.74) is 5.36. The van der Waals surface area contributed by atoms with Crippen molar-refractivity contribution in [3.63, 3.8) is 0 Å². The van der Waals surface area contributed by atoms with Crippen molar-refractivity contribution in [2.45, 2.75) is 62.6 Å². The van der Waals surface area contributed by atoms with E-state index in [1.54, 1.807) is 10.8 Å². The number of nitrogens with two attached hydrogens (primary N) is 1. The van der Waals surface area contributed by atoms with E-state index < -0.39 is 15.6 Å². The van der Waals surface area contributed by atoms with Gasteiger partial charge in [0.1, 0.15) is 0 Å². The van der Waals surface area contributed by atoms with E-state index >= 15 is 0 Å². The van der Waals surface area contributed by atoms with Gasteiger partial charge in [-0.05, 0) is 19.8 Å². The highest BCUT2D eigenvalue weighted by atomic mass is 32.2. The van der Waals surface area contributed by atoms with E-state index in [2.05, 4.69) is 9.71 Å². The van der Waals surface area contributed by atoms with Crippen LogP contribution < -0.4 is 10.5 Å². The van der Waals surface area contributed by atoms with E-state index in [0.717, 1.165) is 38.5 Å². The summed E-state index contributed by atoms with van der Waals surface area (Å²) in [5, 5.41) is 0.0800. The molecule has 6 nitrogen and oxygen atoms in total. The Labute approximate surface area is 120 Å². The Morgan fingerprint density at radius 1 is 1.35 bits per heavy atom. The van der Waals surface area contributed by atoms with Crippen LogP contribution in [0.3, 0.4) is 0 Å². The molecule has 2 rings (SSSR count). The van der Waals surface area contributed by atoms with Crippen LogP contribution in [-0.2, 0) is 16.6 Å². The average Bonchev–Trinajstić information content (AvgIpc) is 2.81. The summed E-state index contributed by atoms with van der Waals surface area (Å²) < 4.78 is 29.5. The molecule has 0 bridgehead atoms. The van der Waals surface area contributed by atoms with Crippen LogP contribution in [-0.4, -0.2) is 30.1 Å². The second kappa shape index (κ2) is 6.24. The molecule has 114 valence electrons. The predicted molar refractivity (Wildman–Crippen MR) is 77.7 cm³/mol. The van der Waals surface area contributed by atoms with Gasteiger partial charge >= 0.3 is 0 Å². The molecule has 0 unspecified atom stereocenters. The summed E-state index contributed by atoms with van der Waals surface area (Å²) in [6.45, 7) is 2.98. The third-order valence-electron chi connectivity index (χ3n) is 4.05. The zero-order valence-corrected chi connectivity index (χ0v) is 12.8. The van der Waals surface area contributed by atoms with Gasteiger partial charge in [-0.1, -0.05) is 25.7 Å². The van der Waals surface area contributed by atoms with Crippen molar-refractivity contribution in [2.75, 3.05) is 6.54 Å². The first-order valence-corrected chi connectivity index (χ1v) is 8.75. The van der Waals surface area contributed by atoms with Gasteiger partial charge in [-0.15, -0.1) is 0 Å². The Bertz CT molecular complexity index is 530. The molecule has 20 heavy (non-hydrogen) atoms. The van der Waals surface area contributed by atoms with Gasteiger partial charge in [0.15, 0.2) is 5.03 Å². The van der Waals surface area contributed by atoms with E-state index in [9.17, 15) is 8.42 Å². The molecule has 0 amide bonds. The number of nitrogens with one attached hydrogen (secondary N) is 1. The Morgan fingerprint density at radius 2 is 2.00 bits per heavy atom. The van der Waals surface area contributed by atoms with Gasteiger partial charge < -0.3 is 10.3 Å². The molecule has 1 saturated carbocycles. The van der Waals surface area contributed by atoms with Crippen molar-refractivity contribution < 1.29 is 8.42 Å². The minimum absolute atomic E-state index is 0.0800. The van der Waals surface area contributed by atoms with E-state index in [0.29, 0.717) is 13.1 Å². The van der Waals surface area contributed by atoms with Crippen molar-refractivity contribution >= 4 is 10.0 Å². The van der Waals surface area contributed by atoms with E-state index in [-0.39, 0.29) is 5.03 Å². The molecule has 0 spiro atoms.